The summed E-state index contributed by atoms with van der Waals surface area (Å²) in [5.41, 5.74) is -0.467. The number of likely N-dealkylation sites (tertiary alicyclic amines) is 2. The average Bonchev–Trinajstić information content (AvgIpc) is 2.72. The number of sulfonamides is 1. The van der Waals surface area contributed by atoms with E-state index in [0.29, 0.717) is 39.0 Å². The zero-order valence-corrected chi connectivity index (χ0v) is 19.3. The molecule has 2 aliphatic heterocycles. The van der Waals surface area contributed by atoms with Crippen molar-refractivity contribution in [1.29, 1.82) is 0 Å². The van der Waals surface area contributed by atoms with E-state index in [1.165, 1.54) is 12.1 Å². The van der Waals surface area contributed by atoms with Crippen molar-refractivity contribution in [2.24, 2.45) is 11.3 Å². The highest BCUT2D eigenvalue weighted by atomic mass is 32.2. The third-order valence-electron chi connectivity index (χ3n) is 5.95. The molecule has 2 amide bonds. The first kappa shape index (κ1) is 23.7. The number of amides is 2. The minimum Gasteiger partial charge on any atom is -0.342 e. The van der Waals surface area contributed by atoms with Crippen molar-refractivity contribution in [3.63, 3.8) is 0 Å². The first-order valence-electron chi connectivity index (χ1n) is 10.8. The number of benzene rings is 1. The Labute approximate surface area is 184 Å². The molecule has 172 valence electrons. The third kappa shape index (κ3) is 5.83. The van der Waals surface area contributed by atoms with Crippen molar-refractivity contribution < 1.29 is 22.4 Å². The maximum absolute atomic E-state index is 13.1. The number of carbonyl (C=O) groups excluding carboxylic acids is 2. The summed E-state index contributed by atoms with van der Waals surface area (Å²) in [6.45, 7) is 7.74. The summed E-state index contributed by atoms with van der Waals surface area (Å²) in [5, 5.41) is 0. The second-order valence-electron chi connectivity index (χ2n) is 9.52. The van der Waals surface area contributed by atoms with E-state index in [1.807, 2.05) is 20.8 Å². The predicted octanol–water partition coefficient (Wildman–Crippen LogP) is 2.38. The van der Waals surface area contributed by atoms with Crippen LogP contribution in [0.25, 0.3) is 0 Å². The van der Waals surface area contributed by atoms with E-state index in [4.69, 9.17) is 0 Å². The molecular weight excluding hydrogens is 421 g/mol. The number of piperidine rings is 2. The van der Waals surface area contributed by atoms with E-state index in [1.54, 1.807) is 9.80 Å². The molecular formula is C22H32FN3O4S. The average molecular weight is 454 g/mol. The highest BCUT2D eigenvalue weighted by molar-refractivity contribution is 7.89. The Morgan fingerprint density at radius 3 is 2.19 bits per heavy atom. The van der Waals surface area contributed by atoms with Crippen molar-refractivity contribution in [2.75, 3.05) is 26.2 Å². The number of hydrogen-bond acceptors (Lipinski definition) is 4. The Kier molecular flexibility index (Phi) is 7.05. The molecule has 1 N–H and O–H groups in total. The molecule has 0 saturated carbocycles. The van der Waals surface area contributed by atoms with Crippen LogP contribution in [0.2, 0.25) is 0 Å². The number of rotatable bonds is 4. The molecule has 0 aliphatic carbocycles. The van der Waals surface area contributed by atoms with E-state index >= 15 is 0 Å². The van der Waals surface area contributed by atoms with Gasteiger partial charge in [0.1, 0.15) is 5.82 Å². The van der Waals surface area contributed by atoms with Gasteiger partial charge in [0.2, 0.25) is 21.8 Å². The quantitative estimate of drug-likeness (QED) is 0.758. The van der Waals surface area contributed by atoms with Crippen LogP contribution < -0.4 is 4.72 Å². The van der Waals surface area contributed by atoms with Crippen LogP contribution in [0.15, 0.2) is 29.2 Å². The molecule has 2 aliphatic rings. The van der Waals surface area contributed by atoms with Gasteiger partial charge in [-0.3, -0.25) is 9.59 Å². The minimum absolute atomic E-state index is 0.0261. The van der Waals surface area contributed by atoms with Crippen molar-refractivity contribution >= 4 is 21.8 Å². The lowest BCUT2D eigenvalue weighted by Crippen LogP contribution is -2.52. The summed E-state index contributed by atoms with van der Waals surface area (Å²) in [5.74, 6) is -0.575. The van der Waals surface area contributed by atoms with Gasteiger partial charge in [0.15, 0.2) is 0 Å². The topological polar surface area (TPSA) is 86.8 Å². The predicted molar refractivity (Wildman–Crippen MR) is 115 cm³/mol. The number of nitrogens with zero attached hydrogens (tertiary/aromatic N) is 2. The van der Waals surface area contributed by atoms with Crippen LogP contribution in [0.1, 0.15) is 46.5 Å². The Bertz CT molecular complexity index is 904. The lowest BCUT2D eigenvalue weighted by atomic mass is 9.90. The highest BCUT2D eigenvalue weighted by Gasteiger charge is 2.36. The normalized spacial score (nSPS) is 21.2. The number of halogens is 1. The van der Waals surface area contributed by atoms with Crippen LogP contribution >= 0.6 is 0 Å². The van der Waals surface area contributed by atoms with Gasteiger partial charge >= 0.3 is 0 Å². The molecule has 0 radical (unpaired) electrons. The fourth-order valence-corrected chi connectivity index (χ4v) is 5.52. The molecule has 1 aromatic rings. The zero-order chi connectivity index (χ0) is 22.8. The Hall–Kier alpha value is -2.00. The molecule has 1 aromatic carbocycles. The maximum atomic E-state index is 13.1. The van der Waals surface area contributed by atoms with Gasteiger partial charge in [-0.1, -0.05) is 20.8 Å². The largest absolute Gasteiger partial charge is 0.342 e. The second kappa shape index (κ2) is 9.24. The maximum Gasteiger partial charge on any atom is 0.240 e. The monoisotopic (exact) mass is 453 g/mol. The Morgan fingerprint density at radius 2 is 1.61 bits per heavy atom. The van der Waals surface area contributed by atoms with Gasteiger partial charge in [0, 0.05) is 37.6 Å². The van der Waals surface area contributed by atoms with Gasteiger partial charge in [-0.25, -0.2) is 17.5 Å². The van der Waals surface area contributed by atoms with Gasteiger partial charge in [0.05, 0.1) is 10.8 Å². The van der Waals surface area contributed by atoms with Crippen LogP contribution in [0, 0.1) is 17.2 Å². The number of carbonyl (C=O) groups is 2. The smallest absolute Gasteiger partial charge is 0.240 e. The molecule has 7 nitrogen and oxygen atoms in total. The lowest BCUT2D eigenvalue weighted by molar-refractivity contribution is -0.145. The summed E-state index contributed by atoms with van der Waals surface area (Å²) in [7, 11) is -3.73. The van der Waals surface area contributed by atoms with Crippen molar-refractivity contribution in [2.45, 2.75) is 57.4 Å². The lowest BCUT2D eigenvalue weighted by Gasteiger charge is -2.39. The van der Waals surface area contributed by atoms with Crippen molar-refractivity contribution in [1.82, 2.24) is 14.5 Å². The third-order valence-corrected chi connectivity index (χ3v) is 7.49. The molecule has 31 heavy (non-hydrogen) atoms. The molecule has 3 rings (SSSR count). The van der Waals surface area contributed by atoms with Gasteiger partial charge in [0.25, 0.3) is 0 Å². The van der Waals surface area contributed by atoms with Crippen LogP contribution in [-0.2, 0) is 19.6 Å². The first-order valence-corrected chi connectivity index (χ1v) is 12.3. The highest BCUT2D eigenvalue weighted by Crippen LogP contribution is 2.26. The molecule has 2 saturated heterocycles. The molecule has 0 spiro atoms. The molecule has 1 unspecified atom stereocenters. The number of hydrogen-bond donors (Lipinski definition) is 1. The second-order valence-corrected chi connectivity index (χ2v) is 11.2. The Morgan fingerprint density at radius 1 is 1.00 bits per heavy atom. The fraction of sp³-hybridized carbons (Fsp3) is 0.636. The van der Waals surface area contributed by atoms with Gasteiger partial charge in [-0.05, 0) is 49.9 Å². The molecule has 0 bridgehead atoms. The summed E-state index contributed by atoms with van der Waals surface area (Å²) in [6.07, 6.45) is 2.61. The fourth-order valence-electron chi connectivity index (χ4n) is 4.21. The van der Waals surface area contributed by atoms with Crippen molar-refractivity contribution in [3.8, 4) is 0 Å². The number of nitrogens with one attached hydrogen (secondary N) is 1. The SMILES string of the molecule is CC(C)(C)C(=O)N1CCCC(C(=O)N2CCC(NS(=O)(=O)c3ccc(F)cc3)CC2)C1. The molecule has 1 atom stereocenters. The standard InChI is InChI=1S/C22H32FN3O4S/c1-22(2,3)21(28)26-12-4-5-16(15-26)20(27)25-13-10-18(11-14-25)24-31(29,30)19-8-6-17(23)7-9-19/h6-9,16,18,24H,4-5,10-15H2,1-3H3. The van der Waals surface area contributed by atoms with E-state index in [0.717, 1.165) is 25.0 Å². The van der Waals surface area contributed by atoms with E-state index in [9.17, 15) is 22.4 Å². The summed E-state index contributed by atoms with van der Waals surface area (Å²) < 4.78 is 40.7. The van der Waals surface area contributed by atoms with Gasteiger partial charge in [-0.15, -0.1) is 0 Å². The molecule has 9 heteroatoms. The van der Waals surface area contributed by atoms with E-state index in [-0.39, 0.29) is 28.7 Å². The van der Waals surface area contributed by atoms with E-state index < -0.39 is 21.3 Å². The van der Waals surface area contributed by atoms with Crippen LogP contribution in [0.4, 0.5) is 4.39 Å². The van der Waals surface area contributed by atoms with Crippen LogP contribution in [0.5, 0.6) is 0 Å². The van der Waals surface area contributed by atoms with Crippen molar-refractivity contribution in [3.05, 3.63) is 30.1 Å². The minimum atomic E-state index is -3.73. The van der Waals surface area contributed by atoms with Gasteiger partial charge < -0.3 is 9.80 Å². The molecule has 2 fully saturated rings. The molecule has 0 aromatic heterocycles. The summed E-state index contributed by atoms with van der Waals surface area (Å²) >= 11 is 0. The van der Waals surface area contributed by atoms with E-state index in [2.05, 4.69) is 4.72 Å². The van der Waals surface area contributed by atoms with Gasteiger partial charge in [-0.2, -0.15) is 0 Å². The zero-order valence-electron chi connectivity index (χ0n) is 18.4. The van der Waals surface area contributed by atoms with Crippen LogP contribution in [0.3, 0.4) is 0 Å². The summed E-state index contributed by atoms with van der Waals surface area (Å²) in [4.78, 5) is 29.2. The van der Waals surface area contributed by atoms with Crippen LogP contribution in [-0.4, -0.2) is 62.3 Å². The first-order chi connectivity index (χ1) is 14.5. The summed E-state index contributed by atoms with van der Waals surface area (Å²) in [6, 6.07) is 4.44. The molecule has 2 heterocycles. The Balaban J connectivity index is 1.54.